The number of halogens is 3. The van der Waals surface area contributed by atoms with E-state index in [1.807, 2.05) is 0 Å². The van der Waals surface area contributed by atoms with E-state index in [0.717, 1.165) is 30.5 Å². The molecule has 0 unspecified atom stereocenters. The van der Waals surface area contributed by atoms with Crippen molar-refractivity contribution in [2.75, 3.05) is 0 Å². The molecule has 1 fully saturated rings. The molecule has 2 aromatic carbocycles. The summed E-state index contributed by atoms with van der Waals surface area (Å²) >= 11 is 0. The standard InChI is InChI=1S/C24H20F3N3O2/c25-24(26,27)18-4-1-3-15(13-18)14-28-23(32)21-6-2-5-20(30-21)16-7-9-17(10-8-16)22(31)29-19-11-12-19/h1-10,13,19H,11-12,14H2,(H,28,32)(H,29,31). The number of nitrogens with zero attached hydrogens (tertiary/aromatic N) is 1. The predicted octanol–water partition coefficient (Wildman–Crippen LogP) is 4.59. The van der Waals surface area contributed by atoms with Crippen molar-refractivity contribution >= 4 is 11.8 Å². The van der Waals surface area contributed by atoms with Crippen LogP contribution in [0.15, 0.2) is 66.7 Å². The van der Waals surface area contributed by atoms with Crippen LogP contribution in [0.25, 0.3) is 11.3 Å². The number of nitrogens with one attached hydrogen (secondary N) is 2. The average Bonchev–Trinajstić information content (AvgIpc) is 3.61. The van der Waals surface area contributed by atoms with E-state index >= 15 is 0 Å². The number of benzene rings is 2. The summed E-state index contributed by atoms with van der Waals surface area (Å²) in [7, 11) is 0. The third kappa shape index (κ3) is 5.32. The molecule has 4 rings (SSSR count). The van der Waals surface area contributed by atoms with Gasteiger partial charge in [-0.05, 0) is 54.8 Å². The molecule has 2 amide bonds. The second kappa shape index (κ2) is 8.82. The largest absolute Gasteiger partial charge is 0.416 e. The Kier molecular flexibility index (Phi) is 5.94. The summed E-state index contributed by atoms with van der Waals surface area (Å²) < 4.78 is 38.5. The van der Waals surface area contributed by atoms with Crippen molar-refractivity contribution in [1.82, 2.24) is 15.6 Å². The van der Waals surface area contributed by atoms with Crippen LogP contribution in [0.1, 0.15) is 44.8 Å². The fourth-order valence-electron chi connectivity index (χ4n) is 3.14. The summed E-state index contributed by atoms with van der Waals surface area (Å²) in [6.45, 7) is -0.0561. The zero-order chi connectivity index (χ0) is 22.7. The summed E-state index contributed by atoms with van der Waals surface area (Å²) in [5, 5.41) is 5.52. The van der Waals surface area contributed by atoms with Gasteiger partial charge < -0.3 is 10.6 Å². The highest BCUT2D eigenvalue weighted by atomic mass is 19.4. The Balaban J connectivity index is 1.42. The van der Waals surface area contributed by atoms with Gasteiger partial charge in [0.2, 0.25) is 0 Å². The molecule has 164 valence electrons. The van der Waals surface area contributed by atoms with Gasteiger partial charge in [-0.15, -0.1) is 0 Å². The molecule has 32 heavy (non-hydrogen) atoms. The Hall–Kier alpha value is -3.68. The monoisotopic (exact) mass is 439 g/mol. The lowest BCUT2D eigenvalue weighted by molar-refractivity contribution is -0.137. The van der Waals surface area contributed by atoms with Crippen LogP contribution >= 0.6 is 0 Å². The SMILES string of the molecule is O=C(NC1CC1)c1ccc(-c2cccc(C(=O)NCc3cccc(C(F)(F)F)c3)n2)cc1. The molecule has 1 saturated carbocycles. The lowest BCUT2D eigenvalue weighted by Crippen LogP contribution is -2.25. The molecule has 0 spiro atoms. The molecular weight excluding hydrogens is 419 g/mol. The normalized spacial score (nSPS) is 13.5. The minimum absolute atomic E-state index is 0.0561. The number of hydrogen-bond acceptors (Lipinski definition) is 3. The van der Waals surface area contributed by atoms with Crippen LogP contribution in [0.5, 0.6) is 0 Å². The van der Waals surface area contributed by atoms with Crippen molar-refractivity contribution in [1.29, 1.82) is 0 Å². The van der Waals surface area contributed by atoms with Crippen molar-refractivity contribution in [3.63, 3.8) is 0 Å². The molecule has 2 N–H and O–H groups in total. The summed E-state index contributed by atoms with van der Waals surface area (Å²) in [6, 6.07) is 16.9. The highest BCUT2D eigenvalue weighted by Gasteiger charge is 2.30. The number of aromatic nitrogens is 1. The first-order valence-corrected chi connectivity index (χ1v) is 10.1. The maximum Gasteiger partial charge on any atom is 0.416 e. The molecule has 0 bridgehead atoms. The first kappa shape index (κ1) is 21.5. The van der Waals surface area contributed by atoms with Crippen molar-refractivity contribution in [3.05, 3.63) is 89.1 Å². The number of alkyl halides is 3. The number of carbonyl (C=O) groups is 2. The van der Waals surface area contributed by atoms with Gasteiger partial charge in [-0.2, -0.15) is 13.2 Å². The summed E-state index contributed by atoms with van der Waals surface area (Å²) in [6.07, 6.45) is -2.42. The smallest absolute Gasteiger partial charge is 0.349 e. The zero-order valence-electron chi connectivity index (χ0n) is 16.9. The Morgan fingerprint density at radius 2 is 1.66 bits per heavy atom. The van der Waals surface area contributed by atoms with Gasteiger partial charge in [-0.25, -0.2) is 4.98 Å². The Labute approximate surface area is 182 Å². The third-order valence-corrected chi connectivity index (χ3v) is 5.04. The van der Waals surface area contributed by atoms with Crippen molar-refractivity contribution in [2.45, 2.75) is 31.6 Å². The molecule has 0 aliphatic heterocycles. The van der Waals surface area contributed by atoms with Crippen molar-refractivity contribution in [2.24, 2.45) is 0 Å². The molecule has 0 radical (unpaired) electrons. The van der Waals surface area contributed by atoms with Crippen LogP contribution in [0.3, 0.4) is 0 Å². The first-order chi connectivity index (χ1) is 15.3. The van der Waals surface area contributed by atoms with Gasteiger partial charge in [0.05, 0.1) is 11.3 Å². The van der Waals surface area contributed by atoms with E-state index in [1.165, 1.54) is 18.2 Å². The minimum Gasteiger partial charge on any atom is -0.349 e. The predicted molar refractivity (Wildman–Crippen MR) is 113 cm³/mol. The molecular formula is C24H20F3N3O2. The van der Waals surface area contributed by atoms with E-state index in [1.54, 1.807) is 36.4 Å². The van der Waals surface area contributed by atoms with E-state index < -0.39 is 17.6 Å². The van der Waals surface area contributed by atoms with E-state index in [2.05, 4.69) is 15.6 Å². The van der Waals surface area contributed by atoms with Gasteiger partial charge in [0.25, 0.3) is 11.8 Å². The quantitative estimate of drug-likeness (QED) is 0.590. The minimum atomic E-state index is -4.44. The third-order valence-electron chi connectivity index (χ3n) is 5.04. The molecule has 5 nitrogen and oxygen atoms in total. The number of hydrogen-bond donors (Lipinski definition) is 2. The number of carbonyl (C=O) groups excluding carboxylic acids is 2. The average molecular weight is 439 g/mol. The van der Waals surface area contributed by atoms with Crippen LogP contribution in [-0.2, 0) is 12.7 Å². The summed E-state index contributed by atoms with van der Waals surface area (Å²) in [4.78, 5) is 28.9. The van der Waals surface area contributed by atoms with Crippen LogP contribution in [-0.4, -0.2) is 22.8 Å². The molecule has 0 saturated heterocycles. The maximum atomic E-state index is 12.8. The van der Waals surface area contributed by atoms with Crippen molar-refractivity contribution < 1.29 is 22.8 Å². The number of amides is 2. The van der Waals surface area contributed by atoms with Gasteiger partial charge in [-0.1, -0.05) is 30.3 Å². The Bertz CT molecular complexity index is 1140. The second-order valence-electron chi connectivity index (χ2n) is 7.61. The lowest BCUT2D eigenvalue weighted by Gasteiger charge is -2.10. The Morgan fingerprint density at radius 1 is 0.938 bits per heavy atom. The van der Waals surface area contributed by atoms with Gasteiger partial charge in [0.1, 0.15) is 5.69 Å². The van der Waals surface area contributed by atoms with Gasteiger partial charge in [0.15, 0.2) is 0 Å². The summed E-state index contributed by atoms with van der Waals surface area (Å²) in [5.74, 6) is -0.612. The number of rotatable bonds is 6. The first-order valence-electron chi connectivity index (χ1n) is 10.1. The van der Waals surface area contributed by atoms with Gasteiger partial charge in [0, 0.05) is 23.7 Å². The fraction of sp³-hybridized carbons (Fsp3) is 0.208. The molecule has 1 aliphatic rings. The molecule has 1 heterocycles. The fourth-order valence-corrected chi connectivity index (χ4v) is 3.14. The van der Waals surface area contributed by atoms with Gasteiger partial charge in [-0.3, -0.25) is 9.59 Å². The van der Waals surface area contributed by atoms with E-state index in [0.29, 0.717) is 16.8 Å². The Morgan fingerprint density at radius 3 is 2.34 bits per heavy atom. The van der Waals surface area contributed by atoms with E-state index in [-0.39, 0.29) is 24.2 Å². The highest BCUT2D eigenvalue weighted by molar-refractivity contribution is 5.95. The van der Waals surface area contributed by atoms with Crippen LogP contribution in [0.4, 0.5) is 13.2 Å². The van der Waals surface area contributed by atoms with E-state index in [4.69, 9.17) is 0 Å². The molecule has 8 heteroatoms. The zero-order valence-corrected chi connectivity index (χ0v) is 16.9. The molecule has 3 aromatic rings. The van der Waals surface area contributed by atoms with Crippen LogP contribution in [0, 0.1) is 0 Å². The topological polar surface area (TPSA) is 71.1 Å². The molecule has 1 aliphatic carbocycles. The molecule has 0 atom stereocenters. The van der Waals surface area contributed by atoms with E-state index in [9.17, 15) is 22.8 Å². The van der Waals surface area contributed by atoms with Crippen molar-refractivity contribution in [3.8, 4) is 11.3 Å². The van der Waals surface area contributed by atoms with Gasteiger partial charge >= 0.3 is 6.18 Å². The van der Waals surface area contributed by atoms with Crippen LogP contribution in [0.2, 0.25) is 0 Å². The maximum absolute atomic E-state index is 12.8. The molecule has 1 aromatic heterocycles. The lowest BCUT2D eigenvalue weighted by atomic mass is 10.1. The second-order valence-corrected chi connectivity index (χ2v) is 7.61. The summed E-state index contributed by atoms with van der Waals surface area (Å²) in [5.41, 5.74) is 1.55. The van der Waals surface area contributed by atoms with Crippen LogP contribution < -0.4 is 10.6 Å². The highest BCUT2D eigenvalue weighted by Crippen LogP contribution is 2.29. The number of pyridine rings is 1.